The fourth-order valence-electron chi connectivity index (χ4n) is 4.31. The average Bonchev–Trinajstić information content (AvgIpc) is 2.84. The zero-order valence-corrected chi connectivity index (χ0v) is 18.2. The van der Waals surface area contributed by atoms with E-state index in [1.807, 2.05) is 30.3 Å². The molecule has 0 bridgehead atoms. The maximum Gasteiger partial charge on any atom is 0.244 e. The maximum absolute atomic E-state index is 13.5. The third-order valence-electron chi connectivity index (χ3n) is 6.00. The minimum Gasteiger partial charge on any atom is -0.378 e. The molecule has 0 radical (unpaired) electrons. The van der Waals surface area contributed by atoms with Gasteiger partial charge in [0.1, 0.15) is 4.90 Å². The number of rotatable bonds is 5. The third-order valence-corrected chi connectivity index (χ3v) is 7.80. The fraction of sp³-hybridized carbons (Fsp3) is 0.455. The van der Waals surface area contributed by atoms with Crippen LogP contribution in [0.15, 0.2) is 53.7 Å². The molecule has 0 unspecified atom stereocenters. The van der Waals surface area contributed by atoms with Crippen molar-refractivity contribution >= 4 is 15.9 Å². The Morgan fingerprint density at radius 3 is 2.58 bits per heavy atom. The minimum absolute atomic E-state index is 0.00188. The third kappa shape index (κ3) is 4.79. The van der Waals surface area contributed by atoms with Crippen LogP contribution in [0.25, 0.3) is 0 Å². The standard InChI is InChI=1S/C22H28N4O4S/c23-12-17-10-21(14-24-13-17)31(28,29)26-15-19(18-4-2-1-3-5-18)11-20(16-26)22(27)25-6-8-30-9-7-25/h1-5,10,13-14,19-20H,6-9,11-12,15-16,23H2/t19-,20+/m1/s1. The smallest absolute Gasteiger partial charge is 0.244 e. The summed E-state index contributed by atoms with van der Waals surface area (Å²) in [4.78, 5) is 19.2. The van der Waals surface area contributed by atoms with Crippen LogP contribution in [0.3, 0.4) is 0 Å². The number of amides is 1. The van der Waals surface area contributed by atoms with Gasteiger partial charge in [0.25, 0.3) is 0 Å². The minimum atomic E-state index is -3.81. The van der Waals surface area contributed by atoms with Crippen molar-refractivity contribution in [3.63, 3.8) is 0 Å². The van der Waals surface area contributed by atoms with Gasteiger partial charge in [-0.2, -0.15) is 4.31 Å². The number of piperidine rings is 1. The molecule has 1 amide bonds. The lowest BCUT2D eigenvalue weighted by molar-refractivity contribution is -0.141. The number of aromatic nitrogens is 1. The van der Waals surface area contributed by atoms with Gasteiger partial charge in [-0.15, -0.1) is 0 Å². The largest absolute Gasteiger partial charge is 0.378 e. The first-order chi connectivity index (χ1) is 15.0. The van der Waals surface area contributed by atoms with Crippen molar-refractivity contribution in [2.24, 2.45) is 11.7 Å². The van der Waals surface area contributed by atoms with E-state index in [4.69, 9.17) is 10.5 Å². The molecule has 2 N–H and O–H groups in total. The van der Waals surface area contributed by atoms with Gasteiger partial charge in [-0.05, 0) is 29.5 Å². The molecule has 2 saturated heterocycles. The predicted molar refractivity (Wildman–Crippen MR) is 116 cm³/mol. The normalized spacial score (nSPS) is 22.9. The van der Waals surface area contributed by atoms with Crippen LogP contribution in [-0.2, 0) is 26.1 Å². The van der Waals surface area contributed by atoms with Gasteiger partial charge in [0, 0.05) is 45.1 Å². The molecule has 9 heteroatoms. The maximum atomic E-state index is 13.5. The van der Waals surface area contributed by atoms with E-state index in [1.165, 1.54) is 10.5 Å². The second kappa shape index (κ2) is 9.44. The second-order valence-corrected chi connectivity index (χ2v) is 9.97. The molecule has 2 aromatic rings. The molecule has 0 saturated carbocycles. The number of nitrogens with two attached hydrogens (primary N) is 1. The number of sulfonamides is 1. The number of pyridine rings is 1. The Morgan fingerprint density at radius 2 is 1.87 bits per heavy atom. The summed E-state index contributed by atoms with van der Waals surface area (Å²) in [6.45, 7) is 2.81. The highest BCUT2D eigenvalue weighted by Gasteiger charge is 2.40. The van der Waals surface area contributed by atoms with Crippen LogP contribution in [0.4, 0.5) is 0 Å². The zero-order valence-electron chi connectivity index (χ0n) is 17.4. The van der Waals surface area contributed by atoms with E-state index in [-0.39, 0.29) is 29.8 Å². The molecule has 2 aliphatic rings. The lowest BCUT2D eigenvalue weighted by atomic mass is 9.85. The van der Waals surface area contributed by atoms with Crippen molar-refractivity contribution in [1.29, 1.82) is 0 Å². The Bertz CT molecular complexity index is 1010. The first kappa shape index (κ1) is 21.9. The molecule has 8 nitrogen and oxygen atoms in total. The molecule has 31 heavy (non-hydrogen) atoms. The number of benzene rings is 1. The van der Waals surface area contributed by atoms with Crippen molar-refractivity contribution in [2.75, 3.05) is 39.4 Å². The first-order valence-electron chi connectivity index (χ1n) is 10.5. The summed E-state index contributed by atoms with van der Waals surface area (Å²) >= 11 is 0. The number of carbonyl (C=O) groups is 1. The summed E-state index contributed by atoms with van der Waals surface area (Å²) in [5.74, 6) is -0.471. The molecule has 1 aromatic carbocycles. The van der Waals surface area contributed by atoms with E-state index in [9.17, 15) is 13.2 Å². The first-order valence-corrected chi connectivity index (χ1v) is 12.0. The van der Waals surface area contributed by atoms with Gasteiger partial charge in [-0.1, -0.05) is 30.3 Å². The number of carbonyl (C=O) groups excluding carboxylic acids is 1. The SMILES string of the molecule is NCc1cncc(S(=O)(=O)N2C[C@@H](C(=O)N3CCOCC3)C[C@@H](c3ccccc3)C2)c1. The van der Waals surface area contributed by atoms with Gasteiger partial charge in [-0.3, -0.25) is 9.78 Å². The van der Waals surface area contributed by atoms with Gasteiger partial charge in [0.2, 0.25) is 15.9 Å². The monoisotopic (exact) mass is 444 g/mol. The molecular formula is C22H28N4O4S. The number of hydrogen-bond acceptors (Lipinski definition) is 6. The van der Waals surface area contributed by atoms with Crippen LogP contribution in [0.2, 0.25) is 0 Å². The van der Waals surface area contributed by atoms with Crippen LogP contribution in [0.1, 0.15) is 23.5 Å². The summed E-state index contributed by atoms with van der Waals surface area (Å²) in [6.07, 6.45) is 3.53. The summed E-state index contributed by atoms with van der Waals surface area (Å²) < 4.78 is 33.8. The quantitative estimate of drug-likeness (QED) is 0.743. The molecule has 3 heterocycles. The molecule has 2 fully saturated rings. The van der Waals surface area contributed by atoms with Crippen LogP contribution in [0.5, 0.6) is 0 Å². The Morgan fingerprint density at radius 1 is 1.13 bits per heavy atom. The van der Waals surface area contributed by atoms with E-state index < -0.39 is 15.9 Å². The number of hydrogen-bond donors (Lipinski definition) is 1. The molecule has 2 aliphatic heterocycles. The summed E-state index contributed by atoms with van der Waals surface area (Å²) in [5.41, 5.74) is 7.36. The molecule has 166 valence electrons. The van der Waals surface area contributed by atoms with Crippen molar-refractivity contribution in [1.82, 2.24) is 14.2 Å². The van der Waals surface area contributed by atoms with E-state index >= 15 is 0 Å². The highest BCUT2D eigenvalue weighted by Crippen LogP contribution is 2.34. The number of nitrogens with zero attached hydrogens (tertiary/aromatic N) is 3. The number of ether oxygens (including phenoxy) is 1. The molecule has 1 aromatic heterocycles. The molecular weight excluding hydrogens is 416 g/mol. The lowest BCUT2D eigenvalue weighted by Gasteiger charge is -2.39. The Labute approximate surface area is 183 Å². The lowest BCUT2D eigenvalue weighted by Crippen LogP contribution is -2.51. The Kier molecular flexibility index (Phi) is 6.66. The molecule has 0 aliphatic carbocycles. The Balaban J connectivity index is 1.64. The van der Waals surface area contributed by atoms with Crippen LogP contribution in [-0.4, -0.2) is 67.9 Å². The highest BCUT2D eigenvalue weighted by atomic mass is 32.2. The van der Waals surface area contributed by atoms with Gasteiger partial charge in [0.15, 0.2) is 0 Å². The van der Waals surface area contributed by atoms with Gasteiger partial charge in [-0.25, -0.2) is 8.42 Å². The highest BCUT2D eigenvalue weighted by molar-refractivity contribution is 7.89. The van der Waals surface area contributed by atoms with Crippen molar-refractivity contribution in [2.45, 2.75) is 23.8 Å². The molecule has 2 atom stereocenters. The zero-order chi connectivity index (χ0) is 21.8. The number of morpholine rings is 1. The van der Waals surface area contributed by atoms with E-state index in [0.29, 0.717) is 44.8 Å². The van der Waals surface area contributed by atoms with E-state index in [2.05, 4.69) is 4.98 Å². The van der Waals surface area contributed by atoms with E-state index in [0.717, 1.165) is 5.56 Å². The topological polar surface area (TPSA) is 106 Å². The van der Waals surface area contributed by atoms with Gasteiger partial charge >= 0.3 is 0 Å². The summed E-state index contributed by atoms with van der Waals surface area (Å²) in [6, 6.07) is 11.4. The van der Waals surface area contributed by atoms with Crippen molar-refractivity contribution in [3.05, 3.63) is 59.9 Å². The van der Waals surface area contributed by atoms with Gasteiger partial charge in [0.05, 0.1) is 19.1 Å². The fourth-order valence-corrected chi connectivity index (χ4v) is 5.85. The van der Waals surface area contributed by atoms with Crippen LogP contribution in [0, 0.1) is 5.92 Å². The van der Waals surface area contributed by atoms with Crippen molar-refractivity contribution in [3.8, 4) is 0 Å². The van der Waals surface area contributed by atoms with Gasteiger partial charge < -0.3 is 15.4 Å². The second-order valence-electron chi connectivity index (χ2n) is 8.03. The van der Waals surface area contributed by atoms with Crippen LogP contribution < -0.4 is 5.73 Å². The molecule has 4 rings (SSSR count). The average molecular weight is 445 g/mol. The predicted octanol–water partition coefficient (Wildman–Crippen LogP) is 1.19. The molecule has 0 spiro atoms. The Hall–Kier alpha value is -2.33. The summed E-state index contributed by atoms with van der Waals surface area (Å²) in [5, 5.41) is 0. The van der Waals surface area contributed by atoms with Crippen molar-refractivity contribution < 1.29 is 17.9 Å². The van der Waals surface area contributed by atoms with Crippen LogP contribution >= 0.6 is 0 Å². The summed E-state index contributed by atoms with van der Waals surface area (Å²) in [7, 11) is -3.81. The van der Waals surface area contributed by atoms with E-state index in [1.54, 1.807) is 17.2 Å².